The molecule has 0 aliphatic heterocycles. The number of aliphatic hydroxyl groups is 1. The molecule has 102 valence electrons. The van der Waals surface area contributed by atoms with Crippen molar-refractivity contribution in [2.24, 2.45) is 5.92 Å². The summed E-state index contributed by atoms with van der Waals surface area (Å²) < 4.78 is 11.1. The fourth-order valence-electron chi connectivity index (χ4n) is 1.87. The Bertz CT molecular complexity index is 361. The standard InChI is InChI=1S/C15H24O3/c1-5-6-11(2)10-18-14-8-7-13(12(3)16)9-15(14)17-4/h7-9,11-12,16H,5-6,10H2,1-4H3/t11?,12-/m0/s1. The van der Waals surface area contributed by atoms with Crippen molar-refractivity contribution in [3.8, 4) is 11.5 Å². The van der Waals surface area contributed by atoms with Gasteiger partial charge in [0.25, 0.3) is 0 Å². The molecule has 0 aliphatic carbocycles. The summed E-state index contributed by atoms with van der Waals surface area (Å²) in [5.41, 5.74) is 0.834. The summed E-state index contributed by atoms with van der Waals surface area (Å²) >= 11 is 0. The average molecular weight is 252 g/mol. The highest BCUT2D eigenvalue weighted by Gasteiger charge is 2.10. The van der Waals surface area contributed by atoms with Crippen LogP contribution < -0.4 is 9.47 Å². The molecule has 2 atom stereocenters. The number of hydrogen-bond donors (Lipinski definition) is 1. The van der Waals surface area contributed by atoms with Gasteiger partial charge in [0, 0.05) is 0 Å². The smallest absolute Gasteiger partial charge is 0.161 e. The quantitative estimate of drug-likeness (QED) is 0.806. The Hall–Kier alpha value is -1.22. The summed E-state index contributed by atoms with van der Waals surface area (Å²) in [5, 5.41) is 9.53. The lowest BCUT2D eigenvalue weighted by Gasteiger charge is -2.16. The van der Waals surface area contributed by atoms with E-state index in [2.05, 4.69) is 13.8 Å². The Morgan fingerprint density at radius 1 is 1.22 bits per heavy atom. The maximum absolute atomic E-state index is 9.53. The molecule has 0 heterocycles. The first-order valence-electron chi connectivity index (χ1n) is 6.57. The molecule has 0 fully saturated rings. The monoisotopic (exact) mass is 252 g/mol. The molecule has 0 saturated carbocycles. The highest BCUT2D eigenvalue weighted by atomic mass is 16.5. The molecule has 1 aromatic carbocycles. The fourth-order valence-corrected chi connectivity index (χ4v) is 1.87. The zero-order valence-corrected chi connectivity index (χ0v) is 11.8. The minimum atomic E-state index is -0.494. The molecule has 18 heavy (non-hydrogen) atoms. The molecule has 3 heteroatoms. The lowest BCUT2D eigenvalue weighted by molar-refractivity contribution is 0.198. The molecule has 0 spiro atoms. The third-order valence-electron chi connectivity index (χ3n) is 2.97. The molecule has 1 unspecified atom stereocenters. The Kier molecular flexibility index (Phi) is 5.99. The summed E-state index contributed by atoms with van der Waals surface area (Å²) in [4.78, 5) is 0. The van der Waals surface area contributed by atoms with Crippen LogP contribution in [0.25, 0.3) is 0 Å². The minimum Gasteiger partial charge on any atom is -0.493 e. The summed E-state index contributed by atoms with van der Waals surface area (Å²) in [6, 6.07) is 5.55. The van der Waals surface area contributed by atoms with E-state index >= 15 is 0 Å². The van der Waals surface area contributed by atoms with Gasteiger partial charge in [-0.05, 0) is 37.0 Å². The first kappa shape index (κ1) is 14.8. The van der Waals surface area contributed by atoms with E-state index in [4.69, 9.17) is 9.47 Å². The van der Waals surface area contributed by atoms with Crippen LogP contribution in [-0.2, 0) is 0 Å². The van der Waals surface area contributed by atoms with Gasteiger partial charge in [-0.25, -0.2) is 0 Å². The lowest BCUT2D eigenvalue weighted by atomic mass is 10.1. The summed E-state index contributed by atoms with van der Waals surface area (Å²) in [5.74, 6) is 1.96. The van der Waals surface area contributed by atoms with Crippen LogP contribution in [0.1, 0.15) is 45.3 Å². The van der Waals surface area contributed by atoms with Crippen molar-refractivity contribution in [3.05, 3.63) is 23.8 Å². The van der Waals surface area contributed by atoms with E-state index < -0.39 is 6.10 Å². The molecular formula is C15H24O3. The Morgan fingerprint density at radius 3 is 2.50 bits per heavy atom. The van der Waals surface area contributed by atoms with E-state index in [0.717, 1.165) is 17.7 Å². The SMILES string of the molecule is CCCC(C)COc1ccc([C@H](C)O)cc1OC. The molecule has 0 amide bonds. The molecule has 3 nitrogen and oxygen atoms in total. The van der Waals surface area contributed by atoms with Crippen molar-refractivity contribution >= 4 is 0 Å². The molecule has 0 aliphatic rings. The Labute approximate surface area is 110 Å². The summed E-state index contributed by atoms with van der Waals surface area (Å²) in [6.07, 6.45) is 1.84. The molecule has 0 radical (unpaired) electrons. The van der Waals surface area contributed by atoms with Crippen LogP contribution in [0.15, 0.2) is 18.2 Å². The number of aliphatic hydroxyl groups excluding tert-OH is 1. The van der Waals surface area contributed by atoms with Gasteiger partial charge in [0.1, 0.15) is 0 Å². The van der Waals surface area contributed by atoms with Crippen LogP contribution in [-0.4, -0.2) is 18.8 Å². The van der Waals surface area contributed by atoms with E-state index in [9.17, 15) is 5.11 Å². The van der Waals surface area contributed by atoms with Crippen molar-refractivity contribution in [2.75, 3.05) is 13.7 Å². The molecule has 0 saturated heterocycles. The number of hydrogen-bond acceptors (Lipinski definition) is 3. The van der Waals surface area contributed by atoms with Crippen LogP contribution in [0, 0.1) is 5.92 Å². The van der Waals surface area contributed by atoms with Gasteiger partial charge in [0.05, 0.1) is 19.8 Å². The van der Waals surface area contributed by atoms with Gasteiger partial charge in [-0.2, -0.15) is 0 Å². The largest absolute Gasteiger partial charge is 0.493 e. The van der Waals surface area contributed by atoms with Crippen molar-refractivity contribution < 1.29 is 14.6 Å². The van der Waals surface area contributed by atoms with Crippen LogP contribution in [0.4, 0.5) is 0 Å². The van der Waals surface area contributed by atoms with Gasteiger partial charge in [-0.15, -0.1) is 0 Å². The van der Waals surface area contributed by atoms with Gasteiger partial charge in [0.2, 0.25) is 0 Å². The number of ether oxygens (including phenoxy) is 2. The van der Waals surface area contributed by atoms with Crippen LogP contribution >= 0.6 is 0 Å². The van der Waals surface area contributed by atoms with Crippen molar-refractivity contribution in [3.63, 3.8) is 0 Å². The van der Waals surface area contributed by atoms with E-state index in [-0.39, 0.29) is 0 Å². The topological polar surface area (TPSA) is 38.7 Å². The predicted molar refractivity (Wildman–Crippen MR) is 73.2 cm³/mol. The zero-order chi connectivity index (χ0) is 13.5. The molecule has 0 bridgehead atoms. The molecule has 1 aromatic rings. The van der Waals surface area contributed by atoms with Crippen LogP contribution in [0.2, 0.25) is 0 Å². The zero-order valence-electron chi connectivity index (χ0n) is 11.8. The highest BCUT2D eigenvalue weighted by molar-refractivity contribution is 5.43. The van der Waals surface area contributed by atoms with E-state index in [1.54, 1.807) is 14.0 Å². The molecular weight excluding hydrogens is 228 g/mol. The fraction of sp³-hybridized carbons (Fsp3) is 0.600. The number of benzene rings is 1. The van der Waals surface area contributed by atoms with Gasteiger partial charge in [-0.3, -0.25) is 0 Å². The van der Waals surface area contributed by atoms with Gasteiger partial charge in [0.15, 0.2) is 11.5 Å². The van der Waals surface area contributed by atoms with Crippen LogP contribution in [0.3, 0.4) is 0 Å². The lowest BCUT2D eigenvalue weighted by Crippen LogP contribution is -2.09. The second kappa shape index (κ2) is 7.27. The van der Waals surface area contributed by atoms with E-state index in [1.807, 2.05) is 18.2 Å². The van der Waals surface area contributed by atoms with Gasteiger partial charge < -0.3 is 14.6 Å². The number of methoxy groups -OCH3 is 1. The van der Waals surface area contributed by atoms with E-state index in [1.165, 1.54) is 6.42 Å². The molecule has 1 N–H and O–H groups in total. The normalized spacial score (nSPS) is 14.1. The second-order valence-electron chi connectivity index (χ2n) is 4.79. The summed E-state index contributed by atoms with van der Waals surface area (Å²) in [7, 11) is 1.61. The number of rotatable bonds is 7. The average Bonchev–Trinajstić information content (AvgIpc) is 2.36. The predicted octanol–water partition coefficient (Wildman–Crippen LogP) is 3.56. The molecule has 1 rings (SSSR count). The maximum atomic E-state index is 9.53. The van der Waals surface area contributed by atoms with Crippen LogP contribution in [0.5, 0.6) is 11.5 Å². The van der Waals surface area contributed by atoms with Crippen molar-refractivity contribution in [1.82, 2.24) is 0 Å². The third-order valence-corrected chi connectivity index (χ3v) is 2.97. The van der Waals surface area contributed by atoms with Crippen molar-refractivity contribution in [2.45, 2.75) is 39.7 Å². The Morgan fingerprint density at radius 2 is 1.94 bits per heavy atom. The minimum absolute atomic E-state index is 0.494. The van der Waals surface area contributed by atoms with E-state index in [0.29, 0.717) is 18.3 Å². The first-order chi connectivity index (χ1) is 8.58. The van der Waals surface area contributed by atoms with Crippen molar-refractivity contribution in [1.29, 1.82) is 0 Å². The Balaban J connectivity index is 2.70. The van der Waals surface area contributed by atoms with Gasteiger partial charge in [-0.1, -0.05) is 26.3 Å². The first-order valence-corrected chi connectivity index (χ1v) is 6.57. The highest BCUT2D eigenvalue weighted by Crippen LogP contribution is 2.30. The molecule has 0 aromatic heterocycles. The maximum Gasteiger partial charge on any atom is 0.161 e. The third kappa shape index (κ3) is 4.22. The summed E-state index contributed by atoms with van der Waals surface area (Å²) in [6.45, 7) is 6.78. The van der Waals surface area contributed by atoms with Gasteiger partial charge >= 0.3 is 0 Å². The second-order valence-corrected chi connectivity index (χ2v) is 4.79.